The molecule has 2 rings (SSSR count). The molecular formula is C31H44N2S. The Balaban J connectivity index is 0.00000258. The Labute approximate surface area is 214 Å². The van der Waals surface area contributed by atoms with Crippen LogP contribution in [-0.2, 0) is 5.75 Å². The molecule has 1 aromatic rings. The third kappa shape index (κ3) is 10.9. The standard InChI is InChI=1S/C27H36N2S.C2H6.C2H2/c1-7-11-25-17-27(30-20-24-14-12-21(5)13-15-24)29(10-4)19-26(25)16-23(9-3)18-28-22(6)8-2;2*1-2/h9,11-15,17-19H,6-8,10,16,20H2,1-5H3;1-2H3;1-2H/b23-9-,25-11?,28-18?;;. The lowest BCUT2D eigenvalue weighted by molar-refractivity contribution is 0.514. The number of terminal acetylenes is 1. The molecule has 0 radical (unpaired) electrons. The maximum atomic E-state index is 4.51. The molecule has 1 aliphatic heterocycles. The third-order valence-corrected chi connectivity index (χ3v) is 6.23. The van der Waals surface area contributed by atoms with Crippen molar-refractivity contribution in [2.24, 2.45) is 4.99 Å². The zero-order valence-corrected chi connectivity index (χ0v) is 23.2. The van der Waals surface area contributed by atoms with Crippen LogP contribution >= 0.6 is 11.8 Å². The number of rotatable bonds is 10. The van der Waals surface area contributed by atoms with Crippen LogP contribution in [0.2, 0.25) is 0 Å². The fourth-order valence-corrected chi connectivity index (χ4v) is 4.18. The van der Waals surface area contributed by atoms with E-state index in [1.54, 1.807) is 0 Å². The lowest BCUT2D eigenvalue weighted by Gasteiger charge is -2.28. The molecule has 0 saturated heterocycles. The Morgan fingerprint density at radius 3 is 2.29 bits per heavy atom. The van der Waals surface area contributed by atoms with Crippen molar-refractivity contribution in [2.45, 2.75) is 73.5 Å². The van der Waals surface area contributed by atoms with Gasteiger partial charge in [0.15, 0.2) is 0 Å². The van der Waals surface area contributed by atoms with Crippen LogP contribution in [0.15, 0.2) is 87.7 Å². The number of hydrogen-bond donors (Lipinski definition) is 0. The average molecular weight is 477 g/mol. The normalized spacial score (nSPS) is 14.6. The van der Waals surface area contributed by atoms with E-state index in [4.69, 9.17) is 0 Å². The van der Waals surface area contributed by atoms with Crippen LogP contribution in [0, 0.1) is 19.8 Å². The molecule has 0 aromatic heterocycles. The van der Waals surface area contributed by atoms with E-state index < -0.39 is 0 Å². The number of nitrogens with zero attached hydrogens (tertiary/aromatic N) is 2. The number of hydrogen-bond acceptors (Lipinski definition) is 3. The SMILES string of the molecule is C#C.C=C(CC)N=C/C(=C\C)CC1=CN(CC)C(SCc2ccc(C)cc2)=CC1=CCC.CC. The van der Waals surface area contributed by atoms with E-state index in [-0.39, 0.29) is 0 Å². The summed E-state index contributed by atoms with van der Waals surface area (Å²) in [6, 6.07) is 8.84. The summed E-state index contributed by atoms with van der Waals surface area (Å²) in [6.07, 6.45) is 21.9. The molecule has 184 valence electrons. The Morgan fingerprint density at radius 1 is 1.12 bits per heavy atom. The molecule has 1 aliphatic rings. The zero-order chi connectivity index (χ0) is 25.9. The first-order chi connectivity index (χ1) is 16.5. The summed E-state index contributed by atoms with van der Waals surface area (Å²) >= 11 is 1.91. The highest BCUT2D eigenvalue weighted by atomic mass is 32.2. The van der Waals surface area contributed by atoms with Crippen LogP contribution in [0.4, 0.5) is 0 Å². The maximum Gasteiger partial charge on any atom is 0.0756 e. The van der Waals surface area contributed by atoms with Gasteiger partial charge in [0.1, 0.15) is 0 Å². The quantitative estimate of drug-likeness (QED) is 0.247. The lowest BCUT2D eigenvalue weighted by atomic mass is 9.96. The monoisotopic (exact) mass is 476 g/mol. The van der Waals surface area contributed by atoms with Gasteiger partial charge in [-0.1, -0.05) is 76.3 Å². The van der Waals surface area contributed by atoms with E-state index in [1.807, 2.05) is 31.8 Å². The predicted octanol–water partition coefficient (Wildman–Crippen LogP) is 9.23. The molecule has 2 nitrogen and oxygen atoms in total. The first kappa shape index (κ1) is 31.3. The summed E-state index contributed by atoms with van der Waals surface area (Å²) in [7, 11) is 0. The second kappa shape index (κ2) is 18.7. The van der Waals surface area contributed by atoms with Crippen LogP contribution in [0.25, 0.3) is 0 Å². The van der Waals surface area contributed by atoms with Gasteiger partial charge in [0.25, 0.3) is 0 Å². The van der Waals surface area contributed by atoms with Gasteiger partial charge in [0.05, 0.1) is 5.03 Å². The van der Waals surface area contributed by atoms with Crippen molar-refractivity contribution in [3.63, 3.8) is 0 Å². The van der Waals surface area contributed by atoms with Crippen LogP contribution in [0.1, 0.15) is 71.9 Å². The van der Waals surface area contributed by atoms with Gasteiger partial charge in [-0.05, 0) is 62.0 Å². The van der Waals surface area contributed by atoms with Crippen molar-refractivity contribution >= 4 is 18.0 Å². The zero-order valence-electron chi connectivity index (χ0n) is 22.4. The van der Waals surface area contributed by atoms with Crippen LogP contribution in [0.5, 0.6) is 0 Å². The first-order valence-corrected chi connectivity index (χ1v) is 13.3. The van der Waals surface area contributed by atoms with Crippen molar-refractivity contribution in [3.05, 3.63) is 93.8 Å². The molecule has 0 N–H and O–H groups in total. The summed E-state index contributed by atoms with van der Waals surface area (Å²) in [5, 5.41) is 1.32. The molecule has 0 spiro atoms. The molecule has 0 aliphatic carbocycles. The van der Waals surface area contributed by atoms with E-state index in [9.17, 15) is 0 Å². The van der Waals surface area contributed by atoms with Crippen LogP contribution < -0.4 is 0 Å². The van der Waals surface area contributed by atoms with Gasteiger partial charge in [-0.2, -0.15) is 0 Å². The van der Waals surface area contributed by atoms with Gasteiger partial charge in [0, 0.05) is 36.8 Å². The summed E-state index contributed by atoms with van der Waals surface area (Å²) < 4.78 is 0. The number of aryl methyl sites for hydroxylation is 1. The molecule has 3 heteroatoms. The van der Waals surface area contributed by atoms with E-state index in [0.717, 1.165) is 37.3 Å². The van der Waals surface area contributed by atoms with Crippen molar-refractivity contribution in [1.29, 1.82) is 0 Å². The minimum atomic E-state index is 0.880. The summed E-state index contributed by atoms with van der Waals surface area (Å²) in [4.78, 5) is 6.88. The summed E-state index contributed by atoms with van der Waals surface area (Å²) in [6.45, 7) is 19.7. The summed E-state index contributed by atoms with van der Waals surface area (Å²) in [5.41, 5.74) is 7.49. The highest BCUT2D eigenvalue weighted by Crippen LogP contribution is 2.34. The van der Waals surface area contributed by atoms with Crippen molar-refractivity contribution in [2.75, 3.05) is 6.54 Å². The minimum Gasteiger partial charge on any atom is -0.343 e. The number of benzene rings is 1. The van der Waals surface area contributed by atoms with Gasteiger partial charge in [-0.25, -0.2) is 0 Å². The highest BCUT2D eigenvalue weighted by Gasteiger charge is 2.17. The van der Waals surface area contributed by atoms with Gasteiger partial charge < -0.3 is 4.90 Å². The van der Waals surface area contributed by atoms with Crippen molar-refractivity contribution in [3.8, 4) is 12.8 Å². The van der Waals surface area contributed by atoms with Crippen molar-refractivity contribution in [1.82, 2.24) is 4.90 Å². The molecular weight excluding hydrogens is 432 g/mol. The second-order valence-corrected chi connectivity index (χ2v) is 8.48. The molecule has 0 atom stereocenters. The molecule has 0 bridgehead atoms. The average Bonchev–Trinajstić information content (AvgIpc) is 2.89. The van der Waals surface area contributed by atoms with Gasteiger partial charge in [-0.3, -0.25) is 4.99 Å². The van der Waals surface area contributed by atoms with E-state index in [1.165, 1.54) is 32.9 Å². The van der Waals surface area contributed by atoms with E-state index >= 15 is 0 Å². The topological polar surface area (TPSA) is 15.6 Å². The number of allylic oxidation sites excluding steroid dienone is 7. The largest absolute Gasteiger partial charge is 0.343 e. The Kier molecular flexibility index (Phi) is 17.2. The molecule has 1 aromatic carbocycles. The first-order valence-electron chi connectivity index (χ1n) is 12.3. The van der Waals surface area contributed by atoms with E-state index in [0.29, 0.717) is 0 Å². The third-order valence-electron chi connectivity index (χ3n) is 5.10. The molecule has 1 heterocycles. The second-order valence-electron chi connectivity index (χ2n) is 7.48. The molecule has 0 unspecified atom stereocenters. The van der Waals surface area contributed by atoms with Crippen LogP contribution in [-0.4, -0.2) is 17.7 Å². The fourth-order valence-electron chi connectivity index (χ4n) is 3.11. The fraction of sp³-hybridized carbons (Fsp3) is 0.387. The van der Waals surface area contributed by atoms with Gasteiger partial charge >= 0.3 is 0 Å². The summed E-state index contributed by atoms with van der Waals surface area (Å²) in [5.74, 6) is 0.983. The maximum absolute atomic E-state index is 4.51. The van der Waals surface area contributed by atoms with Gasteiger partial charge in [0.2, 0.25) is 0 Å². The Morgan fingerprint density at radius 2 is 1.76 bits per heavy atom. The van der Waals surface area contributed by atoms with Crippen molar-refractivity contribution < 1.29 is 0 Å². The van der Waals surface area contributed by atoms with Crippen LogP contribution in [0.3, 0.4) is 0 Å². The lowest BCUT2D eigenvalue weighted by Crippen LogP contribution is -2.19. The minimum absolute atomic E-state index is 0.880. The Bertz CT molecular complexity index is 909. The predicted molar refractivity (Wildman–Crippen MR) is 157 cm³/mol. The highest BCUT2D eigenvalue weighted by molar-refractivity contribution is 8.02. The van der Waals surface area contributed by atoms with E-state index in [2.05, 4.69) is 113 Å². The molecule has 34 heavy (non-hydrogen) atoms. The molecule has 0 saturated carbocycles. The van der Waals surface area contributed by atoms with Gasteiger partial charge in [-0.15, -0.1) is 24.6 Å². The molecule has 0 amide bonds. The Hall–Kier alpha value is -2.70. The number of thioether (sulfide) groups is 1. The molecule has 0 fully saturated rings. The number of aliphatic imine (C=N–C) groups is 1. The smallest absolute Gasteiger partial charge is 0.0756 e.